The van der Waals surface area contributed by atoms with E-state index in [9.17, 15) is 4.79 Å². The first kappa shape index (κ1) is 12.8. The minimum absolute atomic E-state index is 0.110. The number of amides is 1. The van der Waals surface area contributed by atoms with Crippen LogP contribution in [0.4, 0.5) is 0 Å². The Balaban J connectivity index is 1.69. The van der Waals surface area contributed by atoms with E-state index in [-0.39, 0.29) is 18.0 Å². The molecule has 106 valence electrons. The monoisotopic (exact) mass is 274 g/mol. The van der Waals surface area contributed by atoms with Gasteiger partial charge in [0.15, 0.2) is 0 Å². The second-order valence-electron chi connectivity index (χ2n) is 5.12. The lowest BCUT2D eigenvalue weighted by atomic mass is 10.1. The summed E-state index contributed by atoms with van der Waals surface area (Å²) in [7, 11) is 0. The molecule has 0 N–H and O–H groups in total. The van der Waals surface area contributed by atoms with E-state index in [1.165, 1.54) is 6.33 Å². The van der Waals surface area contributed by atoms with Crippen LogP contribution in [0, 0.1) is 0 Å². The first-order valence-electron chi connectivity index (χ1n) is 6.87. The number of hydrogen-bond donors (Lipinski definition) is 0. The van der Waals surface area contributed by atoms with Gasteiger partial charge >= 0.3 is 0 Å². The van der Waals surface area contributed by atoms with E-state index in [4.69, 9.17) is 0 Å². The van der Waals surface area contributed by atoms with E-state index in [1.807, 2.05) is 28.8 Å². The van der Waals surface area contributed by atoms with E-state index in [0.29, 0.717) is 6.54 Å². The van der Waals surface area contributed by atoms with E-state index >= 15 is 0 Å². The molecule has 3 heterocycles. The van der Waals surface area contributed by atoms with Gasteiger partial charge in [-0.05, 0) is 25.8 Å². The second-order valence-corrected chi connectivity index (χ2v) is 5.12. The van der Waals surface area contributed by atoms with Crippen molar-refractivity contribution in [3.63, 3.8) is 0 Å². The average molecular weight is 274 g/mol. The maximum atomic E-state index is 12.5. The number of hydrogen-bond acceptors (Lipinski definition) is 4. The van der Waals surface area contributed by atoms with Gasteiger partial charge in [0.2, 0.25) is 5.91 Å². The van der Waals surface area contributed by atoms with Crippen LogP contribution >= 0.6 is 0 Å². The van der Waals surface area contributed by atoms with Gasteiger partial charge in [-0.3, -0.25) is 9.48 Å². The van der Waals surface area contributed by atoms with Gasteiger partial charge in [0.05, 0.1) is 6.04 Å². The molecular formula is C13H18N6O. The minimum Gasteiger partial charge on any atom is -0.339 e. The van der Waals surface area contributed by atoms with Gasteiger partial charge in [0, 0.05) is 25.5 Å². The Morgan fingerprint density at radius 2 is 2.30 bits per heavy atom. The molecule has 7 heteroatoms. The summed E-state index contributed by atoms with van der Waals surface area (Å²) in [6.07, 6.45) is 8.79. The van der Waals surface area contributed by atoms with Gasteiger partial charge in [0.25, 0.3) is 0 Å². The molecule has 2 atom stereocenters. The average Bonchev–Trinajstić information content (AvgIpc) is 3.18. The van der Waals surface area contributed by atoms with Crippen LogP contribution in [0.25, 0.3) is 0 Å². The van der Waals surface area contributed by atoms with Crippen molar-refractivity contribution in [2.75, 3.05) is 13.1 Å². The Morgan fingerprint density at radius 1 is 1.40 bits per heavy atom. The van der Waals surface area contributed by atoms with E-state index in [1.54, 1.807) is 17.2 Å². The quantitative estimate of drug-likeness (QED) is 0.834. The largest absolute Gasteiger partial charge is 0.339 e. The molecule has 0 aromatic carbocycles. The third-order valence-corrected chi connectivity index (χ3v) is 3.80. The summed E-state index contributed by atoms with van der Waals surface area (Å²) in [5, 5.41) is 8.32. The molecule has 1 saturated heterocycles. The molecule has 2 aromatic heterocycles. The third kappa shape index (κ3) is 2.43. The summed E-state index contributed by atoms with van der Waals surface area (Å²) in [6, 6.07) is 1.79. The molecule has 1 aliphatic rings. The van der Waals surface area contributed by atoms with Crippen LogP contribution in [0.1, 0.15) is 31.8 Å². The molecule has 2 aromatic rings. The highest BCUT2D eigenvalue weighted by Gasteiger charge is 2.28. The van der Waals surface area contributed by atoms with Gasteiger partial charge in [-0.1, -0.05) is 0 Å². The van der Waals surface area contributed by atoms with Crippen LogP contribution in [-0.4, -0.2) is 48.4 Å². The molecule has 0 spiro atoms. The van der Waals surface area contributed by atoms with Gasteiger partial charge in [0.1, 0.15) is 18.7 Å². The van der Waals surface area contributed by atoms with Crippen molar-refractivity contribution in [1.29, 1.82) is 0 Å². The molecular weight excluding hydrogens is 256 g/mol. The van der Waals surface area contributed by atoms with Crippen LogP contribution in [0.2, 0.25) is 0 Å². The molecule has 0 radical (unpaired) electrons. The van der Waals surface area contributed by atoms with Gasteiger partial charge in [-0.25, -0.2) is 9.67 Å². The van der Waals surface area contributed by atoms with Crippen LogP contribution in [0.3, 0.4) is 0 Å². The number of aromatic nitrogens is 5. The number of piperidine rings is 1. The zero-order valence-corrected chi connectivity index (χ0v) is 11.5. The number of rotatable bonds is 3. The van der Waals surface area contributed by atoms with E-state index in [2.05, 4.69) is 15.2 Å². The van der Waals surface area contributed by atoms with Gasteiger partial charge in [-0.2, -0.15) is 10.2 Å². The fourth-order valence-electron chi connectivity index (χ4n) is 2.66. The lowest BCUT2D eigenvalue weighted by molar-refractivity contribution is -0.136. The van der Waals surface area contributed by atoms with E-state index in [0.717, 1.165) is 19.4 Å². The predicted octanol–water partition coefficient (Wildman–Crippen LogP) is 0.899. The number of likely N-dealkylation sites (tertiary alicyclic amines) is 1. The summed E-state index contributed by atoms with van der Waals surface area (Å²) in [6.45, 7) is 3.37. The van der Waals surface area contributed by atoms with E-state index < -0.39 is 0 Å². The molecule has 0 aliphatic carbocycles. The number of nitrogens with zero attached hydrogens (tertiary/aromatic N) is 6. The second kappa shape index (κ2) is 5.44. The van der Waals surface area contributed by atoms with Crippen LogP contribution < -0.4 is 0 Å². The summed E-state index contributed by atoms with van der Waals surface area (Å²) < 4.78 is 3.54. The summed E-state index contributed by atoms with van der Waals surface area (Å²) in [5.41, 5.74) is 0. The Morgan fingerprint density at radius 3 is 3.00 bits per heavy atom. The third-order valence-electron chi connectivity index (χ3n) is 3.80. The molecule has 1 amide bonds. The van der Waals surface area contributed by atoms with Crippen molar-refractivity contribution < 1.29 is 4.79 Å². The maximum Gasteiger partial charge on any atom is 0.247 e. The molecule has 1 fully saturated rings. The van der Waals surface area contributed by atoms with Crippen LogP contribution in [0.15, 0.2) is 31.1 Å². The van der Waals surface area contributed by atoms with Crippen LogP contribution in [-0.2, 0) is 4.79 Å². The van der Waals surface area contributed by atoms with Crippen LogP contribution in [0.5, 0.6) is 0 Å². The lowest BCUT2D eigenvalue weighted by Gasteiger charge is -2.34. The Labute approximate surface area is 117 Å². The Kier molecular flexibility index (Phi) is 3.49. The molecule has 0 unspecified atom stereocenters. The van der Waals surface area contributed by atoms with Crippen molar-refractivity contribution in [3.8, 4) is 0 Å². The highest BCUT2D eigenvalue weighted by Crippen LogP contribution is 2.22. The summed E-state index contributed by atoms with van der Waals surface area (Å²) in [5.74, 6) is 0.110. The molecule has 3 rings (SSSR count). The Bertz CT molecular complexity index is 549. The number of carbonyl (C=O) groups is 1. The van der Waals surface area contributed by atoms with Gasteiger partial charge < -0.3 is 4.90 Å². The molecule has 20 heavy (non-hydrogen) atoms. The van der Waals surface area contributed by atoms with Crippen molar-refractivity contribution in [3.05, 3.63) is 31.1 Å². The van der Waals surface area contributed by atoms with Crippen molar-refractivity contribution >= 4 is 5.91 Å². The fraction of sp³-hybridized carbons (Fsp3) is 0.538. The smallest absolute Gasteiger partial charge is 0.247 e. The first-order chi connectivity index (χ1) is 9.75. The topological polar surface area (TPSA) is 68.8 Å². The normalized spacial score (nSPS) is 20.9. The highest BCUT2D eigenvalue weighted by molar-refractivity contribution is 5.80. The fourth-order valence-corrected chi connectivity index (χ4v) is 2.66. The predicted molar refractivity (Wildman–Crippen MR) is 71.8 cm³/mol. The number of carbonyl (C=O) groups excluding carboxylic acids is 1. The standard InChI is InChI=1S/C13H18N6O/c1-11(18-7-3-5-15-18)13(20)17-6-2-4-12(8-17)19-10-14-9-16-19/h3,5,7,9-12H,2,4,6,8H2,1H3/t11-,12-/m0/s1. The molecule has 0 bridgehead atoms. The van der Waals surface area contributed by atoms with Gasteiger partial charge in [-0.15, -0.1) is 0 Å². The SMILES string of the molecule is C[C@@H](C(=O)N1CCC[C@H](n2cncn2)C1)n1cccn1. The zero-order chi connectivity index (χ0) is 13.9. The minimum atomic E-state index is -0.264. The van der Waals surface area contributed by atoms with Crippen molar-refractivity contribution in [1.82, 2.24) is 29.4 Å². The molecule has 7 nitrogen and oxygen atoms in total. The highest BCUT2D eigenvalue weighted by atomic mass is 16.2. The van der Waals surface area contributed by atoms with Crippen molar-refractivity contribution in [2.45, 2.75) is 31.8 Å². The maximum absolute atomic E-state index is 12.5. The Hall–Kier alpha value is -2.18. The zero-order valence-electron chi connectivity index (χ0n) is 11.5. The van der Waals surface area contributed by atoms with Crippen molar-refractivity contribution in [2.24, 2.45) is 0 Å². The first-order valence-corrected chi connectivity index (χ1v) is 6.87. The molecule has 0 saturated carbocycles. The molecule has 1 aliphatic heterocycles. The summed E-state index contributed by atoms with van der Waals surface area (Å²) in [4.78, 5) is 18.4. The lowest BCUT2D eigenvalue weighted by Crippen LogP contribution is -2.43. The summed E-state index contributed by atoms with van der Waals surface area (Å²) >= 11 is 0.